The molecule has 1 heterocycles. The van der Waals surface area contributed by atoms with Gasteiger partial charge in [-0.2, -0.15) is 0 Å². The van der Waals surface area contributed by atoms with Crippen LogP contribution in [0.15, 0.2) is 54.6 Å². The molecule has 3 rings (SSSR count). The minimum atomic E-state index is -0.857. The largest absolute Gasteiger partial charge is 0.445 e. The van der Waals surface area contributed by atoms with Crippen molar-refractivity contribution in [1.82, 2.24) is 4.90 Å². The maximum atomic E-state index is 12.2. The number of ether oxygens (including phenoxy) is 1. The molecule has 0 saturated carbocycles. The molecule has 1 saturated heterocycles. The zero-order valence-electron chi connectivity index (χ0n) is 13.9. The number of carbonyl (C=O) groups is 1. The van der Waals surface area contributed by atoms with Crippen molar-refractivity contribution in [2.24, 2.45) is 0 Å². The Balaban J connectivity index is 1.54. The van der Waals surface area contributed by atoms with Gasteiger partial charge >= 0.3 is 6.09 Å². The first-order chi connectivity index (χ1) is 11.6. The Kier molecular flexibility index (Phi) is 4.86. The lowest BCUT2D eigenvalue weighted by Gasteiger charge is -2.38. The third-order valence-corrected chi connectivity index (χ3v) is 4.64. The van der Waals surface area contributed by atoms with Gasteiger partial charge in [0.2, 0.25) is 0 Å². The fourth-order valence-corrected chi connectivity index (χ4v) is 3.02. The van der Waals surface area contributed by atoms with E-state index >= 15 is 0 Å². The van der Waals surface area contributed by atoms with E-state index in [0.717, 1.165) is 11.1 Å². The molecule has 0 radical (unpaired) electrons. The number of aliphatic hydroxyl groups is 1. The Morgan fingerprint density at radius 1 is 1.08 bits per heavy atom. The zero-order valence-corrected chi connectivity index (χ0v) is 13.9. The molecule has 1 aliphatic heterocycles. The molecule has 2 aromatic rings. The van der Waals surface area contributed by atoms with Crippen LogP contribution in [0, 0.1) is 6.92 Å². The number of aryl methyl sites for hydroxylation is 1. The molecule has 4 heteroatoms. The van der Waals surface area contributed by atoms with E-state index in [0.29, 0.717) is 25.9 Å². The number of benzene rings is 2. The average Bonchev–Trinajstić information content (AvgIpc) is 2.61. The lowest BCUT2D eigenvalue weighted by Crippen LogP contribution is -2.45. The lowest BCUT2D eigenvalue weighted by molar-refractivity contribution is -0.0255. The van der Waals surface area contributed by atoms with Crippen molar-refractivity contribution in [2.45, 2.75) is 32.0 Å². The summed E-state index contributed by atoms with van der Waals surface area (Å²) in [5.41, 5.74) is 2.21. The third kappa shape index (κ3) is 3.77. The number of piperidine rings is 1. The molecule has 2 aromatic carbocycles. The van der Waals surface area contributed by atoms with Crippen LogP contribution in [0.1, 0.15) is 29.5 Å². The molecular weight excluding hydrogens is 302 g/mol. The van der Waals surface area contributed by atoms with Crippen molar-refractivity contribution in [1.29, 1.82) is 0 Å². The van der Waals surface area contributed by atoms with Gasteiger partial charge in [-0.1, -0.05) is 60.2 Å². The number of carbonyl (C=O) groups excluding carboxylic acids is 1. The molecule has 1 N–H and O–H groups in total. The van der Waals surface area contributed by atoms with Gasteiger partial charge < -0.3 is 14.7 Å². The monoisotopic (exact) mass is 325 g/mol. The topological polar surface area (TPSA) is 49.8 Å². The molecule has 126 valence electrons. The lowest BCUT2D eigenvalue weighted by atomic mass is 9.84. The number of likely N-dealkylation sites (tertiary alicyclic amines) is 1. The van der Waals surface area contributed by atoms with Gasteiger partial charge in [0.25, 0.3) is 0 Å². The van der Waals surface area contributed by atoms with Crippen LogP contribution < -0.4 is 0 Å². The van der Waals surface area contributed by atoms with Crippen molar-refractivity contribution in [3.05, 3.63) is 71.3 Å². The molecular formula is C20H23NO3. The summed E-state index contributed by atoms with van der Waals surface area (Å²) in [6, 6.07) is 17.6. The number of rotatable bonds is 3. The smallest absolute Gasteiger partial charge is 0.410 e. The second-order valence-corrected chi connectivity index (χ2v) is 6.42. The number of nitrogens with zero attached hydrogens (tertiary/aromatic N) is 1. The Bertz CT molecular complexity index is 674. The molecule has 1 aliphatic rings. The Labute approximate surface area is 142 Å². The average molecular weight is 325 g/mol. The van der Waals surface area contributed by atoms with E-state index < -0.39 is 5.60 Å². The summed E-state index contributed by atoms with van der Waals surface area (Å²) in [6.45, 7) is 3.30. The molecule has 24 heavy (non-hydrogen) atoms. The summed E-state index contributed by atoms with van der Waals surface area (Å²) >= 11 is 0. The van der Waals surface area contributed by atoms with Crippen LogP contribution in [-0.4, -0.2) is 29.2 Å². The van der Waals surface area contributed by atoms with Gasteiger partial charge in [0, 0.05) is 13.1 Å². The highest BCUT2D eigenvalue weighted by Gasteiger charge is 2.35. The van der Waals surface area contributed by atoms with E-state index in [4.69, 9.17) is 4.74 Å². The maximum absolute atomic E-state index is 12.2. The molecule has 0 spiro atoms. The first-order valence-corrected chi connectivity index (χ1v) is 8.32. The fraction of sp³-hybridized carbons (Fsp3) is 0.350. The first kappa shape index (κ1) is 16.5. The predicted molar refractivity (Wildman–Crippen MR) is 92.5 cm³/mol. The Morgan fingerprint density at radius 3 is 2.33 bits per heavy atom. The predicted octanol–water partition coefficient (Wildman–Crippen LogP) is 3.62. The first-order valence-electron chi connectivity index (χ1n) is 8.32. The van der Waals surface area contributed by atoms with E-state index in [9.17, 15) is 9.90 Å². The van der Waals surface area contributed by atoms with Gasteiger partial charge in [-0.05, 0) is 30.9 Å². The van der Waals surface area contributed by atoms with Gasteiger partial charge in [-0.15, -0.1) is 0 Å². The zero-order chi connectivity index (χ0) is 17.0. The summed E-state index contributed by atoms with van der Waals surface area (Å²) in [5, 5.41) is 10.9. The quantitative estimate of drug-likeness (QED) is 0.938. The van der Waals surface area contributed by atoms with E-state index in [-0.39, 0.29) is 12.7 Å². The van der Waals surface area contributed by atoms with Crippen molar-refractivity contribution in [2.75, 3.05) is 13.1 Å². The Morgan fingerprint density at radius 2 is 1.71 bits per heavy atom. The van der Waals surface area contributed by atoms with Crippen molar-refractivity contribution in [3.63, 3.8) is 0 Å². The van der Waals surface area contributed by atoms with Crippen LogP contribution in [0.3, 0.4) is 0 Å². The highest BCUT2D eigenvalue weighted by molar-refractivity contribution is 5.67. The number of hydrogen-bond donors (Lipinski definition) is 1. The van der Waals surface area contributed by atoms with Gasteiger partial charge in [0.15, 0.2) is 0 Å². The Hall–Kier alpha value is -2.33. The molecule has 0 unspecified atom stereocenters. The summed E-state index contributed by atoms with van der Waals surface area (Å²) in [4.78, 5) is 13.9. The molecule has 4 nitrogen and oxygen atoms in total. The highest BCUT2D eigenvalue weighted by atomic mass is 16.6. The maximum Gasteiger partial charge on any atom is 0.410 e. The molecule has 0 bridgehead atoms. The summed E-state index contributed by atoms with van der Waals surface area (Å²) in [5.74, 6) is 0. The van der Waals surface area contributed by atoms with E-state index in [1.165, 1.54) is 5.56 Å². The van der Waals surface area contributed by atoms with Crippen LogP contribution >= 0.6 is 0 Å². The molecule has 0 aliphatic carbocycles. The summed E-state index contributed by atoms with van der Waals surface area (Å²) < 4.78 is 5.36. The van der Waals surface area contributed by atoms with Gasteiger partial charge in [0.05, 0.1) is 5.60 Å². The molecule has 0 aromatic heterocycles. The second kappa shape index (κ2) is 7.05. The van der Waals surface area contributed by atoms with Crippen molar-refractivity contribution >= 4 is 6.09 Å². The van der Waals surface area contributed by atoms with E-state index in [2.05, 4.69) is 0 Å². The standard InChI is InChI=1S/C20H23NO3/c1-16-7-9-18(10-8-16)20(23)11-13-21(14-12-20)19(22)24-15-17-5-3-2-4-6-17/h2-10,23H,11-15H2,1H3. The normalized spacial score (nSPS) is 16.7. The van der Waals surface area contributed by atoms with Crippen molar-refractivity contribution < 1.29 is 14.6 Å². The van der Waals surface area contributed by atoms with Crippen LogP contribution in [0.2, 0.25) is 0 Å². The molecule has 1 fully saturated rings. The fourth-order valence-electron chi connectivity index (χ4n) is 3.02. The minimum absolute atomic E-state index is 0.276. The minimum Gasteiger partial charge on any atom is -0.445 e. The van der Waals surface area contributed by atoms with Crippen molar-refractivity contribution in [3.8, 4) is 0 Å². The van der Waals surface area contributed by atoms with Crippen LogP contribution in [0.25, 0.3) is 0 Å². The van der Waals surface area contributed by atoms with Crippen LogP contribution in [-0.2, 0) is 16.9 Å². The highest BCUT2D eigenvalue weighted by Crippen LogP contribution is 2.33. The summed E-state index contributed by atoms with van der Waals surface area (Å²) in [7, 11) is 0. The molecule has 1 amide bonds. The SMILES string of the molecule is Cc1ccc(C2(O)CCN(C(=O)OCc3ccccc3)CC2)cc1. The number of amides is 1. The second-order valence-electron chi connectivity index (χ2n) is 6.42. The van der Waals surface area contributed by atoms with E-state index in [1.54, 1.807) is 4.90 Å². The summed E-state index contributed by atoms with van der Waals surface area (Å²) in [6.07, 6.45) is 0.734. The van der Waals surface area contributed by atoms with E-state index in [1.807, 2.05) is 61.5 Å². The van der Waals surface area contributed by atoms with Gasteiger partial charge in [-0.3, -0.25) is 0 Å². The molecule has 0 atom stereocenters. The van der Waals surface area contributed by atoms with Crippen LogP contribution in [0.4, 0.5) is 4.79 Å². The van der Waals surface area contributed by atoms with Gasteiger partial charge in [-0.25, -0.2) is 4.79 Å². The van der Waals surface area contributed by atoms with Crippen LogP contribution in [0.5, 0.6) is 0 Å². The third-order valence-electron chi connectivity index (χ3n) is 4.64. The van der Waals surface area contributed by atoms with Gasteiger partial charge in [0.1, 0.15) is 6.61 Å². The number of hydrogen-bond acceptors (Lipinski definition) is 3.